The van der Waals surface area contributed by atoms with Crippen molar-refractivity contribution in [1.29, 1.82) is 5.26 Å². The quantitative estimate of drug-likeness (QED) is 0.905. The van der Waals surface area contributed by atoms with E-state index in [0.29, 0.717) is 12.1 Å². The SMILES string of the molecule is C[C@@H](NCc1cccc(C#N)c1F)c1ccc(Br)cc1. The van der Waals surface area contributed by atoms with Crippen molar-refractivity contribution in [3.05, 3.63) is 69.4 Å². The van der Waals surface area contributed by atoms with Crippen molar-refractivity contribution in [2.75, 3.05) is 0 Å². The molecule has 2 aromatic carbocycles. The maximum absolute atomic E-state index is 13.9. The van der Waals surface area contributed by atoms with Crippen LogP contribution in [-0.2, 0) is 6.54 Å². The lowest BCUT2D eigenvalue weighted by Crippen LogP contribution is -2.19. The average Bonchev–Trinajstić information content (AvgIpc) is 2.46. The Morgan fingerprint density at radius 2 is 1.95 bits per heavy atom. The van der Waals surface area contributed by atoms with E-state index in [1.165, 1.54) is 6.07 Å². The zero-order valence-corrected chi connectivity index (χ0v) is 12.6. The third-order valence-electron chi connectivity index (χ3n) is 3.17. The van der Waals surface area contributed by atoms with Crippen molar-refractivity contribution in [2.24, 2.45) is 0 Å². The number of benzene rings is 2. The second-order valence-corrected chi connectivity index (χ2v) is 5.46. The molecule has 20 heavy (non-hydrogen) atoms. The standard InChI is InChI=1S/C16H14BrFN2/c1-11(12-5-7-15(17)8-6-12)20-10-14-4-2-3-13(9-19)16(14)18/h2-8,11,20H,10H2,1H3/t11-/m1/s1. The van der Waals surface area contributed by atoms with E-state index < -0.39 is 5.82 Å². The van der Waals surface area contributed by atoms with Crippen LogP contribution in [0, 0.1) is 17.1 Å². The summed E-state index contributed by atoms with van der Waals surface area (Å²) in [5.74, 6) is -0.439. The summed E-state index contributed by atoms with van der Waals surface area (Å²) in [7, 11) is 0. The number of hydrogen-bond donors (Lipinski definition) is 1. The summed E-state index contributed by atoms with van der Waals surface area (Å²) in [5.41, 5.74) is 1.72. The summed E-state index contributed by atoms with van der Waals surface area (Å²) < 4.78 is 14.9. The van der Waals surface area contributed by atoms with Crippen molar-refractivity contribution >= 4 is 15.9 Å². The smallest absolute Gasteiger partial charge is 0.145 e. The van der Waals surface area contributed by atoms with E-state index in [1.807, 2.05) is 37.3 Å². The van der Waals surface area contributed by atoms with Crippen LogP contribution >= 0.6 is 15.9 Å². The molecule has 0 saturated heterocycles. The zero-order chi connectivity index (χ0) is 14.5. The lowest BCUT2D eigenvalue weighted by Gasteiger charge is -2.15. The van der Waals surface area contributed by atoms with Gasteiger partial charge in [0.2, 0.25) is 0 Å². The zero-order valence-electron chi connectivity index (χ0n) is 11.0. The van der Waals surface area contributed by atoms with Gasteiger partial charge < -0.3 is 5.32 Å². The van der Waals surface area contributed by atoms with Crippen molar-refractivity contribution < 1.29 is 4.39 Å². The van der Waals surface area contributed by atoms with Crippen molar-refractivity contribution in [2.45, 2.75) is 19.5 Å². The van der Waals surface area contributed by atoms with E-state index in [9.17, 15) is 4.39 Å². The highest BCUT2D eigenvalue weighted by molar-refractivity contribution is 9.10. The van der Waals surface area contributed by atoms with Crippen LogP contribution in [0.5, 0.6) is 0 Å². The van der Waals surface area contributed by atoms with E-state index in [4.69, 9.17) is 5.26 Å². The maximum atomic E-state index is 13.9. The normalized spacial score (nSPS) is 11.9. The van der Waals surface area contributed by atoms with Gasteiger partial charge in [-0.1, -0.05) is 40.2 Å². The van der Waals surface area contributed by atoms with Crippen LogP contribution in [-0.4, -0.2) is 0 Å². The molecule has 0 fully saturated rings. The van der Waals surface area contributed by atoms with Crippen molar-refractivity contribution in [1.82, 2.24) is 5.32 Å². The van der Waals surface area contributed by atoms with Crippen molar-refractivity contribution in [3.63, 3.8) is 0 Å². The Balaban J connectivity index is 2.05. The van der Waals surface area contributed by atoms with Crippen LogP contribution in [0.25, 0.3) is 0 Å². The minimum atomic E-state index is -0.439. The van der Waals surface area contributed by atoms with Crippen LogP contribution in [0.1, 0.15) is 29.7 Å². The molecule has 0 unspecified atom stereocenters. The highest BCUT2D eigenvalue weighted by Gasteiger charge is 2.09. The van der Waals surface area contributed by atoms with E-state index in [1.54, 1.807) is 12.1 Å². The molecule has 0 aliphatic heterocycles. The highest BCUT2D eigenvalue weighted by Crippen LogP contribution is 2.18. The Labute approximate surface area is 126 Å². The fraction of sp³-hybridized carbons (Fsp3) is 0.188. The van der Waals surface area contributed by atoms with Gasteiger partial charge in [-0.15, -0.1) is 0 Å². The van der Waals surface area contributed by atoms with Crippen LogP contribution in [0.2, 0.25) is 0 Å². The molecule has 0 bridgehead atoms. The largest absolute Gasteiger partial charge is 0.306 e. The monoisotopic (exact) mass is 332 g/mol. The van der Waals surface area contributed by atoms with Crippen molar-refractivity contribution in [3.8, 4) is 6.07 Å². The summed E-state index contributed by atoms with van der Waals surface area (Å²) in [6.07, 6.45) is 0. The maximum Gasteiger partial charge on any atom is 0.145 e. The predicted molar refractivity (Wildman–Crippen MR) is 80.5 cm³/mol. The van der Waals surface area contributed by atoms with Gasteiger partial charge in [-0.3, -0.25) is 0 Å². The number of hydrogen-bond acceptors (Lipinski definition) is 2. The molecule has 1 atom stereocenters. The lowest BCUT2D eigenvalue weighted by atomic mass is 10.1. The summed E-state index contributed by atoms with van der Waals surface area (Å²) in [4.78, 5) is 0. The molecular formula is C16H14BrFN2. The van der Waals surface area contributed by atoms with Gasteiger partial charge in [-0.05, 0) is 30.7 Å². The van der Waals surface area contributed by atoms with Gasteiger partial charge in [-0.2, -0.15) is 5.26 Å². The Hall–Kier alpha value is -1.70. The van der Waals surface area contributed by atoms with Gasteiger partial charge in [0, 0.05) is 22.6 Å². The first-order valence-corrected chi connectivity index (χ1v) is 7.07. The summed E-state index contributed by atoms with van der Waals surface area (Å²) in [5, 5.41) is 12.1. The number of nitriles is 1. The Morgan fingerprint density at radius 1 is 1.25 bits per heavy atom. The fourth-order valence-corrected chi connectivity index (χ4v) is 2.20. The molecule has 4 heteroatoms. The third-order valence-corrected chi connectivity index (χ3v) is 3.70. The molecule has 2 nitrogen and oxygen atoms in total. The summed E-state index contributed by atoms with van der Waals surface area (Å²) in [6.45, 7) is 2.41. The first kappa shape index (κ1) is 14.7. The molecule has 0 spiro atoms. The van der Waals surface area contributed by atoms with E-state index in [-0.39, 0.29) is 11.6 Å². The Morgan fingerprint density at radius 3 is 2.60 bits per heavy atom. The van der Waals surface area contributed by atoms with Crippen LogP contribution in [0.15, 0.2) is 46.9 Å². The molecule has 102 valence electrons. The van der Waals surface area contributed by atoms with Gasteiger partial charge in [0.1, 0.15) is 11.9 Å². The van der Waals surface area contributed by atoms with Gasteiger partial charge in [-0.25, -0.2) is 4.39 Å². The van der Waals surface area contributed by atoms with Gasteiger partial charge in [0.15, 0.2) is 0 Å². The predicted octanol–water partition coefficient (Wildman–Crippen LogP) is 4.31. The third kappa shape index (κ3) is 3.44. The summed E-state index contributed by atoms with van der Waals surface area (Å²) >= 11 is 3.40. The van der Waals surface area contributed by atoms with Crippen LogP contribution < -0.4 is 5.32 Å². The molecule has 0 heterocycles. The Bertz CT molecular complexity index is 632. The lowest BCUT2D eigenvalue weighted by molar-refractivity contribution is 0.543. The fourth-order valence-electron chi connectivity index (χ4n) is 1.94. The van der Waals surface area contributed by atoms with Gasteiger partial charge >= 0.3 is 0 Å². The molecule has 0 saturated carbocycles. The van der Waals surface area contributed by atoms with Crippen LogP contribution in [0.3, 0.4) is 0 Å². The number of rotatable bonds is 4. The topological polar surface area (TPSA) is 35.8 Å². The molecule has 2 aromatic rings. The second kappa shape index (κ2) is 6.65. The first-order chi connectivity index (χ1) is 9.61. The first-order valence-electron chi connectivity index (χ1n) is 6.28. The minimum Gasteiger partial charge on any atom is -0.306 e. The minimum absolute atomic E-state index is 0.0839. The second-order valence-electron chi connectivity index (χ2n) is 4.54. The number of nitrogens with zero attached hydrogens (tertiary/aromatic N) is 1. The molecule has 0 aliphatic rings. The van der Waals surface area contributed by atoms with Crippen LogP contribution in [0.4, 0.5) is 4.39 Å². The molecule has 0 aliphatic carbocycles. The molecule has 0 radical (unpaired) electrons. The number of halogens is 2. The molecule has 0 amide bonds. The van der Waals surface area contributed by atoms with E-state index >= 15 is 0 Å². The van der Waals surface area contributed by atoms with E-state index in [0.717, 1.165) is 10.0 Å². The number of nitrogens with one attached hydrogen (secondary N) is 1. The molecular weight excluding hydrogens is 319 g/mol. The Kier molecular flexibility index (Phi) is 4.89. The summed E-state index contributed by atoms with van der Waals surface area (Å²) in [6, 6.07) is 14.8. The highest BCUT2D eigenvalue weighted by atomic mass is 79.9. The van der Waals surface area contributed by atoms with E-state index in [2.05, 4.69) is 21.2 Å². The average molecular weight is 333 g/mol. The van der Waals surface area contributed by atoms with Gasteiger partial charge in [0.05, 0.1) is 5.56 Å². The molecule has 2 rings (SSSR count). The molecule has 0 aromatic heterocycles. The molecule has 1 N–H and O–H groups in total. The van der Waals surface area contributed by atoms with Gasteiger partial charge in [0.25, 0.3) is 0 Å².